The molecule has 0 aromatic rings. The van der Waals surface area contributed by atoms with Gasteiger partial charge in [-0.2, -0.15) is 0 Å². The average Bonchev–Trinajstić information content (AvgIpc) is 2.45. The highest BCUT2D eigenvalue weighted by Crippen LogP contribution is 2.35. The number of carboxylic acid groups (broad SMARTS) is 1. The highest BCUT2D eigenvalue weighted by Gasteiger charge is 2.35. The van der Waals surface area contributed by atoms with Crippen molar-refractivity contribution < 1.29 is 14.7 Å². The summed E-state index contributed by atoms with van der Waals surface area (Å²) in [6, 6.07) is 0. The average molecular weight is 279 g/mol. The summed E-state index contributed by atoms with van der Waals surface area (Å²) in [6.45, 7) is 2.90. The molecule has 0 aromatic carbocycles. The number of hydrogen-bond acceptors (Lipinski definition) is 2. The van der Waals surface area contributed by atoms with Gasteiger partial charge in [0.25, 0.3) is 0 Å². The van der Waals surface area contributed by atoms with Crippen LogP contribution in [0.25, 0.3) is 0 Å². The van der Waals surface area contributed by atoms with Gasteiger partial charge in [0.1, 0.15) is 0 Å². The summed E-state index contributed by atoms with van der Waals surface area (Å²) in [7, 11) is 0. The molecule has 0 aliphatic heterocycles. The summed E-state index contributed by atoms with van der Waals surface area (Å²) < 4.78 is 0. The smallest absolute Gasteiger partial charge is 0.307 e. The minimum atomic E-state index is -0.863. The molecule has 0 bridgehead atoms. The first-order valence-corrected chi connectivity index (χ1v) is 7.67. The second-order valence-corrected chi connectivity index (χ2v) is 6.58. The van der Waals surface area contributed by atoms with E-state index in [2.05, 4.69) is 12.2 Å². The van der Waals surface area contributed by atoms with Crippen LogP contribution in [-0.2, 0) is 9.59 Å². The standard InChI is InChI=1S/C16H25NO3/c1-16(9-5-2-6-10-16)11-17-14(18)12-7-3-4-8-13(12)15(19)20/h3-4,12-13H,2,5-11H2,1H3,(H,17,18)(H,19,20)/t12-,13+/m1/s1. The minimum Gasteiger partial charge on any atom is -0.481 e. The van der Waals surface area contributed by atoms with Crippen molar-refractivity contribution in [2.24, 2.45) is 17.3 Å². The van der Waals surface area contributed by atoms with E-state index in [4.69, 9.17) is 0 Å². The third kappa shape index (κ3) is 3.62. The lowest BCUT2D eigenvalue weighted by molar-refractivity contribution is -0.147. The van der Waals surface area contributed by atoms with Crippen LogP contribution in [0.2, 0.25) is 0 Å². The van der Waals surface area contributed by atoms with Gasteiger partial charge in [0.15, 0.2) is 0 Å². The number of amides is 1. The van der Waals surface area contributed by atoms with E-state index >= 15 is 0 Å². The summed E-state index contributed by atoms with van der Waals surface area (Å²) in [4.78, 5) is 23.5. The van der Waals surface area contributed by atoms with Gasteiger partial charge in [-0.1, -0.05) is 38.3 Å². The number of carbonyl (C=O) groups is 2. The van der Waals surface area contributed by atoms with Crippen molar-refractivity contribution in [2.45, 2.75) is 51.9 Å². The molecule has 1 amide bonds. The summed E-state index contributed by atoms with van der Waals surface area (Å²) in [6.07, 6.45) is 10.9. The summed E-state index contributed by atoms with van der Waals surface area (Å²) >= 11 is 0. The number of aliphatic carboxylic acids is 1. The van der Waals surface area contributed by atoms with Crippen molar-refractivity contribution >= 4 is 11.9 Å². The maximum Gasteiger partial charge on any atom is 0.307 e. The number of hydrogen-bond donors (Lipinski definition) is 2. The van der Waals surface area contributed by atoms with Crippen molar-refractivity contribution in [1.29, 1.82) is 0 Å². The molecular formula is C16H25NO3. The van der Waals surface area contributed by atoms with Crippen LogP contribution in [0.15, 0.2) is 12.2 Å². The fourth-order valence-electron chi connectivity index (χ4n) is 3.39. The maximum absolute atomic E-state index is 12.3. The van der Waals surface area contributed by atoms with Gasteiger partial charge < -0.3 is 10.4 Å². The van der Waals surface area contributed by atoms with Gasteiger partial charge in [-0.3, -0.25) is 9.59 Å². The molecule has 2 N–H and O–H groups in total. The van der Waals surface area contributed by atoms with Gasteiger partial charge in [-0.25, -0.2) is 0 Å². The van der Waals surface area contributed by atoms with E-state index in [1.54, 1.807) is 0 Å². The van der Waals surface area contributed by atoms with Gasteiger partial charge in [-0.05, 0) is 31.1 Å². The molecule has 1 saturated carbocycles. The molecule has 112 valence electrons. The Morgan fingerprint density at radius 3 is 2.35 bits per heavy atom. The quantitative estimate of drug-likeness (QED) is 0.778. The summed E-state index contributed by atoms with van der Waals surface area (Å²) in [5.74, 6) is -1.93. The molecule has 0 heterocycles. The first kappa shape index (κ1) is 15.1. The predicted molar refractivity (Wildman–Crippen MR) is 77.2 cm³/mol. The first-order chi connectivity index (χ1) is 9.52. The van der Waals surface area contributed by atoms with Crippen LogP contribution >= 0.6 is 0 Å². The number of nitrogens with one attached hydrogen (secondary N) is 1. The van der Waals surface area contributed by atoms with Crippen LogP contribution in [-0.4, -0.2) is 23.5 Å². The molecule has 0 unspecified atom stereocenters. The fraction of sp³-hybridized carbons (Fsp3) is 0.750. The van der Waals surface area contributed by atoms with E-state index in [0.29, 0.717) is 19.4 Å². The third-order valence-electron chi connectivity index (χ3n) is 4.84. The van der Waals surface area contributed by atoms with Gasteiger partial charge in [0.2, 0.25) is 5.91 Å². The van der Waals surface area contributed by atoms with E-state index in [1.165, 1.54) is 19.3 Å². The molecule has 0 spiro atoms. The summed E-state index contributed by atoms with van der Waals surface area (Å²) in [5.41, 5.74) is 0.192. The van der Waals surface area contributed by atoms with Crippen LogP contribution in [0.3, 0.4) is 0 Å². The van der Waals surface area contributed by atoms with Crippen molar-refractivity contribution in [3.63, 3.8) is 0 Å². The Kier molecular flexibility index (Phi) is 4.84. The highest BCUT2D eigenvalue weighted by atomic mass is 16.4. The molecule has 2 aliphatic carbocycles. The lowest BCUT2D eigenvalue weighted by Gasteiger charge is -2.34. The number of allylic oxidation sites excluding steroid dienone is 2. The number of rotatable bonds is 4. The molecule has 0 saturated heterocycles. The Morgan fingerprint density at radius 2 is 1.75 bits per heavy atom. The normalized spacial score (nSPS) is 28.9. The van der Waals surface area contributed by atoms with Crippen LogP contribution in [0, 0.1) is 17.3 Å². The SMILES string of the molecule is CC1(CNC(=O)[C@@H]2CC=CC[C@@H]2C(=O)O)CCCCC1. The van der Waals surface area contributed by atoms with Gasteiger partial charge >= 0.3 is 5.97 Å². The Hall–Kier alpha value is -1.32. The molecule has 2 aliphatic rings. The Bertz CT molecular complexity index is 397. The highest BCUT2D eigenvalue weighted by molar-refractivity contribution is 5.85. The monoisotopic (exact) mass is 279 g/mol. The Labute approximate surface area is 120 Å². The fourth-order valence-corrected chi connectivity index (χ4v) is 3.39. The molecular weight excluding hydrogens is 254 g/mol. The zero-order valence-electron chi connectivity index (χ0n) is 12.2. The minimum absolute atomic E-state index is 0.0893. The van der Waals surface area contributed by atoms with Crippen LogP contribution in [0.4, 0.5) is 0 Å². The topological polar surface area (TPSA) is 66.4 Å². The Balaban J connectivity index is 1.90. The molecule has 4 heteroatoms. The predicted octanol–water partition coefficient (Wildman–Crippen LogP) is 2.74. The molecule has 0 radical (unpaired) electrons. The molecule has 4 nitrogen and oxygen atoms in total. The van der Waals surface area contributed by atoms with Crippen LogP contribution in [0.1, 0.15) is 51.9 Å². The number of carbonyl (C=O) groups excluding carboxylic acids is 1. The Morgan fingerprint density at radius 1 is 1.15 bits per heavy atom. The van der Waals surface area contributed by atoms with E-state index in [1.807, 2.05) is 12.2 Å². The van der Waals surface area contributed by atoms with E-state index < -0.39 is 17.8 Å². The van der Waals surface area contributed by atoms with E-state index in [9.17, 15) is 14.7 Å². The van der Waals surface area contributed by atoms with E-state index in [-0.39, 0.29) is 11.3 Å². The van der Waals surface area contributed by atoms with E-state index in [0.717, 1.165) is 12.8 Å². The zero-order chi connectivity index (χ0) is 14.6. The van der Waals surface area contributed by atoms with Gasteiger partial charge in [-0.15, -0.1) is 0 Å². The van der Waals surface area contributed by atoms with Crippen molar-refractivity contribution in [3.8, 4) is 0 Å². The first-order valence-electron chi connectivity index (χ1n) is 7.67. The van der Waals surface area contributed by atoms with Crippen LogP contribution in [0.5, 0.6) is 0 Å². The lowest BCUT2D eigenvalue weighted by atomic mass is 9.75. The molecule has 2 atom stereocenters. The molecule has 2 rings (SSSR count). The van der Waals surface area contributed by atoms with Crippen LogP contribution < -0.4 is 5.32 Å². The van der Waals surface area contributed by atoms with Crippen molar-refractivity contribution in [2.75, 3.05) is 6.54 Å². The maximum atomic E-state index is 12.3. The molecule has 1 fully saturated rings. The van der Waals surface area contributed by atoms with Gasteiger partial charge in [0.05, 0.1) is 11.8 Å². The molecule has 20 heavy (non-hydrogen) atoms. The zero-order valence-corrected chi connectivity index (χ0v) is 12.2. The second-order valence-electron chi connectivity index (χ2n) is 6.58. The lowest BCUT2D eigenvalue weighted by Crippen LogP contribution is -2.43. The summed E-state index contributed by atoms with van der Waals surface area (Å²) in [5, 5.41) is 12.2. The second kappa shape index (κ2) is 6.42. The van der Waals surface area contributed by atoms with Crippen molar-refractivity contribution in [3.05, 3.63) is 12.2 Å². The third-order valence-corrected chi connectivity index (χ3v) is 4.84. The largest absolute Gasteiger partial charge is 0.481 e. The van der Waals surface area contributed by atoms with Crippen molar-refractivity contribution in [1.82, 2.24) is 5.32 Å². The number of carboxylic acids is 1. The molecule has 0 aromatic heterocycles. The van der Waals surface area contributed by atoms with Gasteiger partial charge in [0, 0.05) is 6.54 Å².